The molecule has 0 spiro atoms. The van der Waals surface area contributed by atoms with E-state index in [4.69, 9.17) is 14.2 Å². The van der Waals surface area contributed by atoms with Gasteiger partial charge in [-0.15, -0.1) is 0 Å². The van der Waals surface area contributed by atoms with Crippen molar-refractivity contribution in [1.29, 1.82) is 0 Å². The van der Waals surface area contributed by atoms with Crippen LogP contribution in [-0.2, 0) is 16.4 Å². The van der Waals surface area contributed by atoms with Gasteiger partial charge in [0.25, 0.3) is 10.0 Å². The largest absolute Gasteiger partial charge is 0.486 e. The average Bonchev–Trinajstić information content (AvgIpc) is 2.87. The van der Waals surface area contributed by atoms with E-state index < -0.39 is 15.6 Å². The molecule has 0 unspecified atom stereocenters. The molecule has 1 N–H and O–H groups in total. The summed E-state index contributed by atoms with van der Waals surface area (Å²) in [7, 11) is -1.12. The molecule has 0 aliphatic carbocycles. The first-order chi connectivity index (χ1) is 11.7. The SMILES string of the molecule is COc1cc(OC)nc(NS(=O)(=O)c2cccc3c2OC(C)(C)C3)n1. The Morgan fingerprint density at radius 3 is 2.40 bits per heavy atom. The van der Waals surface area contributed by atoms with Gasteiger partial charge in [0.05, 0.1) is 20.3 Å². The second kappa shape index (κ2) is 6.07. The molecular weight excluding hydrogens is 346 g/mol. The van der Waals surface area contributed by atoms with Crippen LogP contribution in [-0.4, -0.2) is 38.2 Å². The molecule has 0 saturated carbocycles. The zero-order valence-corrected chi connectivity index (χ0v) is 15.2. The Kier molecular flexibility index (Phi) is 4.19. The lowest BCUT2D eigenvalue weighted by Crippen LogP contribution is -2.25. The molecule has 1 aliphatic rings. The van der Waals surface area contributed by atoms with Gasteiger partial charge >= 0.3 is 0 Å². The van der Waals surface area contributed by atoms with E-state index in [0.717, 1.165) is 5.56 Å². The number of fused-ring (bicyclic) bond motifs is 1. The van der Waals surface area contributed by atoms with Crippen molar-refractivity contribution in [1.82, 2.24) is 9.97 Å². The van der Waals surface area contributed by atoms with E-state index in [0.29, 0.717) is 12.2 Å². The van der Waals surface area contributed by atoms with Crippen molar-refractivity contribution in [2.75, 3.05) is 18.9 Å². The average molecular weight is 365 g/mol. The van der Waals surface area contributed by atoms with Gasteiger partial charge in [-0.05, 0) is 25.5 Å². The third kappa shape index (κ3) is 3.46. The van der Waals surface area contributed by atoms with Crippen LogP contribution in [0.2, 0.25) is 0 Å². The van der Waals surface area contributed by atoms with Crippen LogP contribution in [0, 0.1) is 0 Å². The van der Waals surface area contributed by atoms with Crippen LogP contribution in [0.15, 0.2) is 29.2 Å². The lowest BCUT2D eigenvalue weighted by Gasteiger charge is -2.18. The molecule has 0 saturated heterocycles. The Bertz CT molecular complexity index is 890. The van der Waals surface area contributed by atoms with E-state index >= 15 is 0 Å². The predicted octanol–water partition coefficient (Wildman–Crippen LogP) is 2.01. The minimum atomic E-state index is -3.95. The number of benzene rings is 1. The standard InChI is InChI=1S/C16H19N3O5S/c1-16(2)9-10-6-5-7-11(14(10)24-16)25(20,21)19-15-17-12(22-3)8-13(18-15)23-4/h5-8H,9H2,1-4H3,(H,17,18,19). The molecule has 1 aromatic heterocycles. The maximum absolute atomic E-state index is 12.8. The highest BCUT2D eigenvalue weighted by atomic mass is 32.2. The molecule has 2 heterocycles. The summed E-state index contributed by atoms with van der Waals surface area (Å²) >= 11 is 0. The van der Waals surface area contributed by atoms with Gasteiger partial charge in [-0.3, -0.25) is 0 Å². The molecule has 3 rings (SSSR count). The fourth-order valence-corrected chi connectivity index (χ4v) is 3.75. The first-order valence-corrected chi connectivity index (χ1v) is 9.03. The maximum Gasteiger partial charge on any atom is 0.267 e. The Labute approximate surface area is 146 Å². The van der Waals surface area contributed by atoms with Crippen LogP contribution in [0.25, 0.3) is 0 Å². The predicted molar refractivity (Wildman–Crippen MR) is 90.8 cm³/mol. The molecule has 1 aliphatic heterocycles. The van der Waals surface area contributed by atoms with Gasteiger partial charge in [-0.25, -0.2) is 13.1 Å². The number of hydrogen-bond donors (Lipinski definition) is 1. The Balaban J connectivity index is 1.99. The third-order valence-corrected chi connectivity index (χ3v) is 5.02. The monoisotopic (exact) mass is 365 g/mol. The molecule has 9 heteroatoms. The van der Waals surface area contributed by atoms with Gasteiger partial charge < -0.3 is 14.2 Å². The Morgan fingerprint density at radius 2 is 1.80 bits per heavy atom. The van der Waals surface area contributed by atoms with Gasteiger partial charge in [0, 0.05) is 6.42 Å². The van der Waals surface area contributed by atoms with Gasteiger partial charge in [0.1, 0.15) is 16.2 Å². The summed E-state index contributed by atoms with van der Waals surface area (Å²) in [6.07, 6.45) is 0.634. The molecule has 1 aromatic carbocycles. The van der Waals surface area contributed by atoms with E-state index in [-0.39, 0.29) is 22.6 Å². The van der Waals surface area contributed by atoms with E-state index in [1.807, 2.05) is 19.9 Å². The highest BCUT2D eigenvalue weighted by molar-refractivity contribution is 7.92. The normalized spacial score (nSPS) is 15.2. The van der Waals surface area contributed by atoms with Crippen LogP contribution in [0.4, 0.5) is 5.95 Å². The number of ether oxygens (including phenoxy) is 3. The van der Waals surface area contributed by atoms with E-state index in [1.165, 1.54) is 26.4 Å². The van der Waals surface area contributed by atoms with Crippen LogP contribution in [0.5, 0.6) is 17.5 Å². The number of rotatable bonds is 5. The quantitative estimate of drug-likeness (QED) is 0.865. The topological polar surface area (TPSA) is 99.6 Å². The molecule has 0 fully saturated rings. The number of nitrogens with one attached hydrogen (secondary N) is 1. The summed E-state index contributed by atoms with van der Waals surface area (Å²) in [6.45, 7) is 3.82. The molecule has 2 aromatic rings. The summed E-state index contributed by atoms with van der Waals surface area (Å²) in [5.74, 6) is 0.571. The summed E-state index contributed by atoms with van der Waals surface area (Å²) < 4.78 is 43.9. The zero-order valence-electron chi connectivity index (χ0n) is 14.4. The van der Waals surface area contributed by atoms with E-state index in [2.05, 4.69) is 14.7 Å². The fraction of sp³-hybridized carbons (Fsp3) is 0.375. The van der Waals surface area contributed by atoms with Crippen molar-refractivity contribution in [2.45, 2.75) is 30.8 Å². The zero-order chi connectivity index (χ0) is 18.2. The van der Waals surface area contributed by atoms with Crippen molar-refractivity contribution in [3.05, 3.63) is 29.8 Å². The lowest BCUT2D eigenvalue weighted by atomic mass is 10.0. The number of nitrogens with zero attached hydrogens (tertiary/aromatic N) is 2. The number of methoxy groups -OCH3 is 2. The summed E-state index contributed by atoms with van der Waals surface area (Å²) in [4.78, 5) is 8.02. The highest BCUT2D eigenvalue weighted by Crippen LogP contribution is 2.40. The first-order valence-electron chi connectivity index (χ1n) is 7.55. The summed E-state index contributed by atoms with van der Waals surface area (Å²) in [5.41, 5.74) is 0.390. The summed E-state index contributed by atoms with van der Waals surface area (Å²) in [6, 6.07) is 6.48. The maximum atomic E-state index is 12.8. The van der Waals surface area contributed by atoms with Crippen LogP contribution in [0.1, 0.15) is 19.4 Å². The summed E-state index contributed by atoms with van der Waals surface area (Å²) in [5, 5.41) is 0. The van der Waals surface area contributed by atoms with E-state index in [1.54, 1.807) is 6.07 Å². The number of anilines is 1. The van der Waals surface area contributed by atoms with Crippen molar-refractivity contribution >= 4 is 16.0 Å². The lowest BCUT2D eigenvalue weighted by molar-refractivity contribution is 0.135. The van der Waals surface area contributed by atoms with Gasteiger partial charge in [0.15, 0.2) is 0 Å². The van der Waals surface area contributed by atoms with Crippen molar-refractivity contribution < 1.29 is 22.6 Å². The van der Waals surface area contributed by atoms with Crippen LogP contribution in [0.3, 0.4) is 0 Å². The molecule has 0 bridgehead atoms. The Hall–Kier alpha value is -2.55. The van der Waals surface area contributed by atoms with Crippen LogP contribution >= 0.6 is 0 Å². The van der Waals surface area contributed by atoms with Gasteiger partial charge in [0.2, 0.25) is 17.7 Å². The second-order valence-corrected chi connectivity index (χ2v) is 7.82. The minimum Gasteiger partial charge on any atom is -0.486 e. The fourth-order valence-electron chi connectivity index (χ4n) is 2.63. The molecular formula is C16H19N3O5S. The van der Waals surface area contributed by atoms with Gasteiger partial charge in [-0.1, -0.05) is 12.1 Å². The molecule has 134 valence electrons. The first kappa shape index (κ1) is 17.3. The molecule has 25 heavy (non-hydrogen) atoms. The highest BCUT2D eigenvalue weighted by Gasteiger charge is 2.35. The second-order valence-electron chi connectivity index (χ2n) is 6.16. The smallest absolute Gasteiger partial charge is 0.267 e. The van der Waals surface area contributed by atoms with Crippen molar-refractivity contribution in [3.63, 3.8) is 0 Å². The van der Waals surface area contributed by atoms with E-state index in [9.17, 15) is 8.42 Å². The van der Waals surface area contributed by atoms with Crippen molar-refractivity contribution in [2.24, 2.45) is 0 Å². The molecule has 0 amide bonds. The number of sulfonamides is 1. The molecule has 8 nitrogen and oxygen atoms in total. The van der Waals surface area contributed by atoms with Gasteiger partial charge in [-0.2, -0.15) is 9.97 Å². The number of aromatic nitrogens is 2. The number of hydrogen-bond acceptors (Lipinski definition) is 7. The third-order valence-electron chi connectivity index (χ3n) is 3.67. The molecule has 0 atom stereocenters. The van der Waals surface area contributed by atoms with Crippen molar-refractivity contribution in [3.8, 4) is 17.5 Å². The van der Waals surface area contributed by atoms with Crippen LogP contribution < -0.4 is 18.9 Å². The Morgan fingerprint density at radius 1 is 1.16 bits per heavy atom. The molecule has 0 radical (unpaired) electrons. The minimum absolute atomic E-state index is 0.0426. The number of para-hydroxylation sites is 1.